The van der Waals surface area contributed by atoms with E-state index in [4.69, 9.17) is 0 Å². The summed E-state index contributed by atoms with van der Waals surface area (Å²) in [6.07, 6.45) is 5.72. The van der Waals surface area contributed by atoms with Gasteiger partial charge in [0.1, 0.15) is 5.82 Å². The van der Waals surface area contributed by atoms with E-state index in [0.717, 1.165) is 52.2 Å². The number of carbonyl (C=O) groups excluding carboxylic acids is 1. The molecule has 0 bridgehead atoms. The maximum atomic E-state index is 12.7. The molecule has 4 rings (SSSR count). The highest BCUT2D eigenvalue weighted by molar-refractivity contribution is 7.15. The summed E-state index contributed by atoms with van der Waals surface area (Å²) in [6.45, 7) is 4.06. The van der Waals surface area contributed by atoms with Crippen LogP contribution in [0, 0.1) is 6.92 Å². The molecule has 1 aliphatic rings. The van der Waals surface area contributed by atoms with Crippen molar-refractivity contribution in [3.05, 3.63) is 41.7 Å². The van der Waals surface area contributed by atoms with Crippen molar-refractivity contribution in [1.82, 2.24) is 19.8 Å². The van der Waals surface area contributed by atoms with E-state index in [1.807, 2.05) is 37.3 Å². The van der Waals surface area contributed by atoms with Crippen LogP contribution in [0.15, 0.2) is 36.7 Å². The summed E-state index contributed by atoms with van der Waals surface area (Å²) >= 11 is 1.68. The molecule has 2 aromatic heterocycles. The Balaban J connectivity index is 1.51. The Kier molecular flexibility index (Phi) is 5.28. The number of nitrogens with zero attached hydrogens (tertiary/aromatic N) is 4. The molecule has 3 heterocycles. The number of benzene rings is 1. The number of likely N-dealkylation sites (tertiary alicyclic amines) is 1. The van der Waals surface area contributed by atoms with Gasteiger partial charge < -0.3 is 9.80 Å². The van der Waals surface area contributed by atoms with E-state index in [-0.39, 0.29) is 12.1 Å². The number of fused-ring (bicyclic) bond motifs is 1. The Labute approximate surface area is 169 Å². The lowest BCUT2D eigenvalue weighted by molar-refractivity contribution is 0.156. The largest absolute Gasteiger partial charge is 0.324 e. The zero-order valence-electron chi connectivity index (χ0n) is 16.5. The Hall–Kier alpha value is -2.51. The first-order valence-electron chi connectivity index (χ1n) is 9.54. The summed E-state index contributed by atoms with van der Waals surface area (Å²) < 4.78 is 0. The van der Waals surface area contributed by atoms with Gasteiger partial charge in [-0.1, -0.05) is 12.1 Å². The van der Waals surface area contributed by atoms with Crippen molar-refractivity contribution in [2.24, 2.45) is 0 Å². The molecule has 3 aromatic rings. The highest BCUT2D eigenvalue weighted by Gasteiger charge is 2.24. The number of aryl methyl sites for hydroxylation is 1. The second-order valence-corrected chi connectivity index (χ2v) is 8.69. The standard InChI is InChI=1S/C21H25N5OS/c1-14-22-13-19(28-14)15-4-5-16-12-23-20(11-17(16)10-15)24-21(27)26(3)18-6-8-25(2)9-7-18/h4-5,10-13,18H,6-9H2,1-3H3,(H,23,24,27). The lowest BCUT2D eigenvalue weighted by atomic mass is 10.0. The molecule has 0 spiro atoms. The van der Waals surface area contributed by atoms with Gasteiger partial charge in [-0.25, -0.2) is 14.8 Å². The lowest BCUT2D eigenvalue weighted by Crippen LogP contribution is -2.46. The fraction of sp³-hybridized carbons (Fsp3) is 0.381. The number of thiazole rings is 1. The van der Waals surface area contributed by atoms with E-state index in [0.29, 0.717) is 5.82 Å². The van der Waals surface area contributed by atoms with Crippen molar-refractivity contribution in [3.63, 3.8) is 0 Å². The summed E-state index contributed by atoms with van der Waals surface area (Å²) in [6, 6.07) is 8.38. The van der Waals surface area contributed by atoms with Crippen LogP contribution in [0.3, 0.4) is 0 Å². The third kappa shape index (κ3) is 4.00. The van der Waals surface area contributed by atoms with Crippen LogP contribution in [0.1, 0.15) is 17.8 Å². The maximum absolute atomic E-state index is 12.7. The molecule has 146 valence electrons. The van der Waals surface area contributed by atoms with Crippen molar-refractivity contribution in [3.8, 4) is 10.4 Å². The minimum atomic E-state index is -0.101. The fourth-order valence-corrected chi connectivity index (χ4v) is 4.38. The summed E-state index contributed by atoms with van der Waals surface area (Å²) in [7, 11) is 3.99. The maximum Gasteiger partial charge on any atom is 0.323 e. The van der Waals surface area contributed by atoms with Gasteiger partial charge >= 0.3 is 6.03 Å². The minimum absolute atomic E-state index is 0.101. The molecular weight excluding hydrogens is 370 g/mol. The first-order chi connectivity index (χ1) is 13.5. The smallest absolute Gasteiger partial charge is 0.323 e. The summed E-state index contributed by atoms with van der Waals surface area (Å²) in [5, 5.41) is 6.11. The minimum Gasteiger partial charge on any atom is -0.324 e. The van der Waals surface area contributed by atoms with Crippen LogP contribution in [-0.4, -0.2) is 59.0 Å². The molecule has 0 radical (unpaired) electrons. The summed E-state index contributed by atoms with van der Waals surface area (Å²) in [5.74, 6) is 0.579. The van der Waals surface area contributed by atoms with Gasteiger partial charge in [0.05, 0.1) is 9.88 Å². The van der Waals surface area contributed by atoms with Crippen LogP contribution in [0.4, 0.5) is 10.6 Å². The zero-order chi connectivity index (χ0) is 19.7. The summed E-state index contributed by atoms with van der Waals surface area (Å²) in [5.41, 5.74) is 1.13. The highest BCUT2D eigenvalue weighted by Crippen LogP contribution is 2.29. The van der Waals surface area contributed by atoms with Gasteiger partial charge in [0.2, 0.25) is 0 Å². The molecular formula is C21H25N5OS. The van der Waals surface area contributed by atoms with Crippen LogP contribution in [0.25, 0.3) is 21.2 Å². The molecule has 6 nitrogen and oxygen atoms in total. The molecule has 2 amide bonds. The molecule has 1 aromatic carbocycles. The molecule has 28 heavy (non-hydrogen) atoms. The van der Waals surface area contributed by atoms with Gasteiger partial charge in [-0.3, -0.25) is 5.32 Å². The van der Waals surface area contributed by atoms with Gasteiger partial charge in [-0.15, -0.1) is 11.3 Å². The quantitative estimate of drug-likeness (QED) is 0.721. The Morgan fingerprint density at radius 3 is 2.68 bits per heavy atom. The predicted octanol–water partition coefficient (Wildman–Crippen LogP) is 4.22. The SMILES string of the molecule is Cc1ncc(-c2ccc3cnc(NC(=O)N(C)C4CCN(C)CC4)cc3c2)s1. The lowest BCUT2D eigenvalue weighted by Gasteiger charge is -2.34. The van der Waals surface area contributed by atoms with Gasteiger partial charge in [0.15, 0.2) is 0 Å². The monoisotopic (exact) mass is 395 g/mol. The second kappa shape index (κ2) is 7.85. The first-order valence-corrected chi connectivity index (χ1v) is 10.4. The first kappa shape index (κ1) is 18.8. The van der Waals surface area contributed by atoms with Gasteiger partial charge in [-0.05, 0) is 63.0 Å². The number of piperidine rings is 1. The number of anilines is 1. The number of nitrogens with one attached hydrogen (secondary N) is 1. The van der Waals surface area contributed by atoms with Gasteiger partial charge in [-0.2, -0.15) is 0 Å². The average molecular weight is 396 g/mol. The third-order valence-electron chi connectivity index (χ3n) is 5.42. The van der Waals surface area contributed by atoms with Crippen LogP contribution < -0.4 is 5.32 Å². The molecule has 7 heteroatoms. The molecule has 1 fully saturated rings. The number of rotatable bonds is 3. The predicted molar refractivity (Wildman–Crippen MR) is 115 cm³/mol. The number of hydrogen-bond acceptors (Lipinski definition) is 5. The highest BCUT2D eigenvalue weighted by atomic mass is 32.1. The van der Waals surface area contributed by atoms with E-state index in [2.05, 4.69) is 45.4 Å². The topological polar surface area (TPSA) is 61.4 Å². The van der Waals surface area contributed by atoms with Gasteiger partial charge in [0.25, 0.3) is 0 Å². The number of hydrogen-bond donors (Lipinski definition) is 1. The van der Waals surface area contributed by atoms with Gasteiger partial charge in [0, 0.05) is 30.9 Å². The number of urea groups is 1. The molecule has 0 saturated carbocycles. The van der Waals surface area contributed by atoms with Crippen molar-refractivity contribution in [2.75, 3.05) is 32.5 Å². The third-order valence-corrected chi connectivity index (χ3v) is 6.38. The second-order valence-electron chi connectivity index (χ2n) is 7.45. The van der Waals surface area contributed by atoms with Crippen LogP contribution >= 0.6 is 11.3 Å². The Morgan fingerprint density at radius 2 is 1.96 bits per heavy atom. The van der Waals surface area contributed by atoms with E-state index >= 15 is 0 Å². The molecule has 0 atom stereocenters. The van der Waals surface area contributed by atoms with E-state index < -0.39 is 0 Å². The van der Waals surface area contributed by atoms with Crippen molar-refractivity contribution in [2.45, 2.75) is 25.8 Å². The number of aromatic nitrogens is 2. The molecule has 1 aliphatic heterocycles. The van der Waals surface area contributed by atoms with E-state index in [1.165, 1.54) is 0 Å². The molecule has 1 N–H and O–H groups in total. The van der Waals surface area contributed by atoms with Crippen LogP contribution in [0.5, 0.6) is 0 Å². The fourth-order valence-electron chi connectivity index (χ4n) is 3.60. The normalized spacial score (nSPS) is 15.7. The van der Waals surface area contributed by atoms with E-state index in [1.54, 1.807) is 11.3 Å². The average Bonchev–Trinajstić information content (AvgIpc) is 3.14. The number of amides is 2. The number of pyridine rings is 1. The molecule has 1 saturated heterocycles. The Bertz CT molecular complexity index is 993. The van der Waals surface area contributed by atoms with Crippen molar-refractivity contribution >= 4 is 34.0 Å². The molecule has 0 unspecified atom stereocenters. The zero-order valence-corrected chi connectivity index (χ0v) is 17.3. The van der Waals surface area contributed by atoms with Crippen molar-refractivity contribution < 1.29 is 4.79 Å². The number of carbonyl (C=O) groups is 1. The molecule has 0 aliphatic carbocycles. The van der Waals surface area contributed by atoms with Crippen molar-refractivity contribution in [1.29, 1.82) is 0 Å². The van der Waals surface area contributed by atoms with Crippen LogP contribution in [0.2, 0.25) is 0 Å². The van der Waals surface area contributed by atoms with E-state index in [9.17, 15) is 4.79 Å². The Morgan fingerprint density at radius 1 is 1.18 bits per heavy atom. The van der Waals surface area contributed by atoms with Crippen LogP contribution in [-0.2, 0) is 0 Å². The summed E-state index contributed by atoms with van der Waals surface area (Å²) in [4.78, 5) is 26.7.